The molecule has 12 N–H and O–H groups in total. The highest BCUT2D eigenvalue weighted by atomic mass is 31.2. The van der Waals surface area contributed by atoms with E-state index < -0.39 is 48.4 Å². The first-order valence-corrected chi connectivity index (χ1v) is 8.28. The summed E-state index contributed by atoms with van der Waals surface area (Å²) < 4.78 is 22.2. The number of aliphatic hydroxyl groups excluding tert-OH is 4. The Morgan fingerprint density at radius 1 is 0.760 bits per heavy atom. The first-order valence-electron chi connectivity index (χ1n) is 6.02. The molecule has 0 amide bonds. The monoisotopic (exact) mass is 406 g/mol. The second-order valence-electron chi connectivity index (χ2n) is 4.10. The third kappa shape index (κ3) is 13.3. The summed E-state index contributed by atoms with van der Waals surface area (Å²) in [6.45, 7) is -1.62. The fourth-order valence-electron chi connectivity index (χ4n) is 0.787. The van der Waals surface area contributed by atoms with E-state index in [4.69, 9.17) is 47.4 Å². The third-order valence-corrected chi connectivity index (χ3v) is 3.29. The third-order valence-electron chi connectivity index (χ3n) is 2.17. The van der Waals surface area contributed by atoms with Crippen molar-refractivity contribution in [2.24, 2.45) is 5.41 Å². The summed E-state index contributed by atoms with van der Waals surface area (Å²) in [5.41, 5.74) is 14.3. The van der Waals surface area contributed by atoms with Crippen LogP contribution in [-0.4, -0.2) is 71.6 Å². The lowest BCUT2D eigenvalue weighted by Gasteiger charge is -2.23. The lowest BCUT2D eigenvalue weighted by molar-refractivity contribution is -0.0328. The van der Waals surface area contributed by atoms with E-state index in [0.717, 1.165) is 0 Å². The van der Waals surface area contributed by atoms with Crippen LogP contribution < -0.4 is 17.2 Å². The van der Waals surface area contributed by atoms with E-state index in [9.17, 15) is 9.13 Å². The van der Waals surface area contributed by atoms with Crippen molar-refractivity contribution in [3.8, 4) is 0 Å². The Morgan fingerprint density at radius 2 is 1.00 bits per heavy atom. The molecule has 1 aromatic rings. The number of hydrogen-bond acceptors (Lipinski definition) is 13. The molecule has 1 aromatic heterocycles. The van der Waals surface area contributed by atoms with Gasteiger partial charge in [-0.25, -0.2) is 0 Å². The molecule has 15 nitrogen and oxygen atoms in total. The molecular formula is C8H20N6O9P2+2. The second-order valence-corrected chi connectivity index (χ2v) is 5.70. The van der Waals surface area contributed by atoms with E-state index in [1.165, 1.54) is 0 Å². The molecule has 0 spiro atoms. The van der Waals surface area contributed by atoms with Crippen LogP contribution in [-0.2, 0) is 13.4 Å². The molecule has 1 heterocycles. The highest BCUT2D eigenvalue weighted by Crippen LogP contribution is 2.30. The van der Waals surface area contributed by atoms with Gasteiger partial charge in [-0.1, -0.05) is 0 Å². The van der Waals surface area contributed by atoms with E-state index in [1.807, 2.05) is 0 Å². The van der Waals surface area contributed by atoms with Crippen LogP contribution in [0.25, 0.3) is 0 Å². The molecule has 0 aromatic carbocycles. The number of aliphatic hydroxyl groups is 4. The maximum Gasteiger partial charge on any atom is 0.745 e. The summed E-state index contributed by atoms with van der Waals surface area (Å²) in [6.07, 6.45) is 0. The van der Waals surface area contributed by atoms with Crippen molar-refractivity contribution in [3.05, 3.63) is 0 Å². The largest absolute Gasteiger partial charge is 0.745 e. The van der Waals surface area contributed by atoms with Gasteiger partial charge < -0.3 is 37.6 Å². The van der Waals surface area contributed by atoms with Gasteiger partial charge in [0, 0.05) is 9.13 Å². The minimum absolute atomic E-state index is 0.0417. The molecule has 0 radical (unpaired) electrons. The van der Waals surface area contributed by atoms with Crippen molar-refractivity contribution in [2.45, 2.75) is 0 Å². The van der Waals surface area contributed by atoms with Crippen LogP contribution in [0.1, 0.15) is 0 Å². The molecule has 0 saturated heterocycles. The van der Waals surface area contributed by atoms with E-state index >= 15 is 0 Å². The molecule has 25 heavy (non-hydrogen) atoms. The average Bonchev–Trinajstić information content (AvgIpc) is 2.48. The molecule has 2 unspecified atom stereocenters. The maximum absolute atomic E-state index is 9.39. The van der Waals surface area contributed by atoms with Gasteiger partial charge in [-0.2, -0.15) is 15.0 Å². The zero-order chi connectivity index (χ0) is 20.0. The molecule has 0 aliphatic carbocycles. The number of rotatable bonds is 6. The van der Waals surface area contributed by atoms with Crippen LogP contribution in [0, 0.1) is 5.41 Å². The van der Waals surface area contributed by atoms with Crippen LogP contribution in [0.3, 0.4) is 0 Å². The van der Waals surface area contributed by atoms with Gasteiger partial charge in [-0.05, 0) is 0 Å². The molecule has 0 aliphatic rings. The predicted molar refractivity (Wildman–Crippen MR) is 84.6 cm³/mol. The highest BCUT2D eigenvalue weighted by Gasteiger charge is 2.31. The normalized spacial score (nSPS) is 11.4. The van der Waals surface area contributed by atoms with Gasteiger partial charge in [0.25, 0.3) is 0 Å². The van der Waals surface area contributed by atoms with Gasteiger partial charge >= 0.3 is 16.5 Å². The summed E-state index contributed by atoms with van der Waals surface area (Å²) in [5.74, 6) is 0.125. The number of nitrogen functional groups attached to an aromatic ring is 3. The second kappa shape index (κ2) is 13.6. The Morgan fingerprint density at radius 3 is 1.08 bits per heavy atom. The minimum Gasteiger partial charge on any atom is -0.396 e. The maximum atomic E-state index is 9.39. The van der Waals surface area contributed by atoms with Crippen molar-refractivity contribution in [1.82, 2.24) is 15.0 Å². The van der Waals surface area contributed by atoms with Crippen molar-refractivity contribution in [1.29, 1.82) is 0 Å². The van der Waals surface area contributed by atoms with Crippen molar-refractivity contribution >= 4 is 34.4 Å². The molecule has 0 fully saturated rings. The Hall–Kier alpha value is -1.67. The number of aromatic nitrogens is 3. The minimum atomic E-state index is -2.92. The van der Waals surface area contributed by atoms with E-state index in [0.29, 0.717) is 0 Å². The number of nitrogens with zero attached hydrogens (tertiary/aromatic N) is 3. The van der Waals surface area contributed by atoms with Crippen LogP contribution in [0.15, 0.2) is 0 Å². The summed E-state index contributed by atoms with van der Waals surface area (Å²) in [4.78, 5) is 25.8. The molecule has 2 atom stereocenters. The number of nitrogens with two attached hydrogens (primary N) is 3. The van der Waals surface area contributed by atoms with Gasteiger partial charge in [0.2, 0.25) is 17.8 Å². The summed E-state index contributed by atoms with van der Waals surface area (Å²) in [6, 6.07) is 0. The van der Waals surface area contributed by atoms with Crippen LogP contribution in [0.4, 0.5) is 17.8 Å². The highest BCUT2D eigenvalue weighted by molar-refractivity contribution is 7.46. The van der Waals surface area contributed by atoms with Gasteiger partial charge in [0.1, 0.15) is 0 Å². The van der Waals surface area contributed by atoms with Gasteiger partial charge in [0.15, 0.2) is 4.31 Å². The number of anilines is 3. The summed E-state index contributed by atoms with van der Waals surface area (Å²) in [7, 11) is -5.85. The lowest BCUT2D eigenvalue weighted by atomic mass is 9.93. The van der Waals surface area contributed by atoms with Crippen molar-refractivity contribution in [3.63, 3.8) is 0 Å². The first kappa shape index (κ1) is 25.6. The molecule has 0 aliphatic heterocycles. The average molecular weight is 406 g/mol. The van der Waals surface area contributed by atoms with Gasteiger partial charge in [-0.15, -0.1) is 9.79 Å². The van der Waals surface area contributed by atoms with Crippen LogP contribution in [0.2, 0.25) is 0 Å². The van der Waals surface area contributed by atoms with Crippen molar-refractivity contribution < 1.29 is 43.7 Å². The topological polar surface area (TPSA) is 281 Å². The fourth-order valence-corrected chi connectivity index (χ4v) is 1.26. The molecule has 144 valence electrons. The zero-order valence-electron chi connectivity index (χ0n) is 12.7. The van der Waals surface area contributed by atoms with E-state index in [1.54, 1.807) is 0 Å². The Balaban J connectivity index is 0. The Labute approximate surface area is 143 Å². The lowest BCUT2D eigenvalue weighted by Crippen LogP contribution is -2.37. The van der Waals surface area contributed by atoms with E-state index in [-0.39, 0.29) is 17.8 Å². The molecule has 17 heteroatoms. The van der Waals surface area contributed by atoms with Gasteiger partial charge in [-0.3, -0.25) is 0 Å². The summed E-state index contributed by atoms with van der Waals surface area (Å²) >= 11 is 0. The fraction of sp³-hybridized carbons (Fsp3) is 0.625. The van der Waals surface area contributed by atoms with Gasteiger partial charge in [0.05, 0.1) is 31.8 Å². The molecular weight excluding hydrogens is 386 g/mol. The predicted octanol–water partition coefficient (Wildman–Crippen LogP) is -3.14. The zero-order valence-corrected chi connectivity index (χ0v) is 14.5. The Bertz CT molecular complexity index is 467. The quantitative estimate of drug-likeness (QED) is 0.211. The van der Waals surface area contributed by atoms with E-state index in [2.05, 4.69) is 19.3 Å². The molecule has 0 bridgehead atoms. The Kier molecular flexibility index (Phi) is 13.9. The molecule has 1 rings (SSSR count). The standard InChI is InChI=1S/C5H12O4.C3H6N6.O5P2/c6-1-5(2-7,3-8)4-9;4-1-7-2(5)9-3(6)8-1;1-6(2)5-7(3)4/h6-9H,1-4H2;(H6,4,5,6,7,8,9);/p+2. The molecule has 0 saturated carbocycles. The summed E-state index contributed by atoms with van der Waals surface area (Å²) in [5, 5.41) is 34.0. The number of hydrogen-bond donors (Lipinski definition) is 9. The van der Waals surface area contributed by atoms with Crippen LogP contribution in [0.5, 0.6) is 0 Å². The first-order chi connectivity index (χ1) is 11.6. The smallest absolute Gasteiger partial charge is 0.396 e. The van der Waals surface area contributed by atoms with Crippen LogP contribution >= 0.6 is 16.5 Å². The SMILES string of the molecule is Nc1nc(N)nc(N)n1.O=[P+](O)O[P+](=O)O.OCC(CO)(CO)CO. The van der Waals surface area contributed by atoms with Crippen molar-refractivity contribution in [2.75, 3.05) is 43.6 Å².